The molecule has 1 atom stereocenters. The molecule has 0 aromatic heterocycles. The number of amides is 1. The summed E-state index contributed by atoms with van der Waals surface area (Å²) in [6.07, 6.45) is 0. The molecule has 3 nitrogen and oxygen atoms in total. The number of nitrogens with zero attached hydrogens (tertiary/aromatic N) is 1. The molecule has 1 aromatic carbocycles. The van der Waals surface area contributed by atoms with Crippen LogP contribution in [-0.2, 0) is 4.79 Å². The monoisotopic (exact) mass is 284 g/mol. The Labute approximate surface area is 122 Å². The highest BCUT2D eigenvalue weighted by Crippen LogP contribution is 2.18. The highest BCUT2D eigenvalue weighted by atomic mass is 35.5. The van der Waals surface area contributed by atoms with Gasteiger partial charge in [-0.3, -0.25) is 4.79 Å². The van der Waals surface area contributed by atoms with E-state index in [0.717, 1.165) is 5.56 Å². The zero-order valence-corrected chi connectivity index (χ0v) is 13.3. The van der Waals surface area contributed by atoms with Crippen molar-refractivity contribution in [2.45, 2.75) is 33.7 Å². The van der Waals surface area contributed by atoms with E-state index in [1.165, 1.54) is 5.56 Å². The fourth-order valence-corrected chi connectivity index (χ4v) is 1.94. The van der Waals surface area contributed by atoms with Gasteiger partial charge in [-0.15, -0.1) is 12.4 Å². The number of nitrogens with two attached hydrogens (primary N) is 1. The molecule has 0 spiro atoms. The number of likely N-dealkylation sites (N-methyl/N-ethyl adjacent to an activating group) is 1. The molecule has 0 radical (unpaired) electrons. The molecule has 2 N–H and O–H groups in total. The molecule has 0 bridgehead atoms. The summed E-state index contributed by atoms with van der Waals surface area (Å²) in [5.41, 5.74) is 8.13. The lowest BCUT2D eigenvalue weighted by molar-refractivity contribution is -0.132. The lowest BCUT2D eigenvalue weighted by atomic mass is 9.95. The summed E-state index contributed by atoms with van der Waals surface area (Å²) in [6.45, 7) is 9.03. The predicted octanol–water partition coefficient (Wildman–Crippen LogP) is 2.92. The van der Waals surface area contributed by atoms with Crippen molar-refractivity contribution >= 4 is 18.3 Å². The lowest BCUT2D eigenvalue weighted by Gasteiger charge is -2.28. The SMILES string of the molecule is Cc1ccc(C(N)C(=O)N(C)CC(C)(C)C)cc1.Cl. The van der Waals surface area contributed by atoms with Gasteiger partial charge in [-0.2, -0.15) is 0 Å². The van der Waals surface area contributed by atoms with Gasteiger partial charge >= 0.3 is 0 Å². The van der Waals surface area contributed by atoms with Gasteiger partial charge in [0.05, 0.1) is 0 Å². The van der Waals surface area contributed by atoms with Crippen LogP contribution < -0.4 is 5.73 Å². The molecule has 108 valence electrons. The fraction of sp³-hybridized carbons (Fsp3) is 0.533. The molecule has 1 aromatic rings. The van der Waals surface area contributed by atoms with E-state index in [9.17, 15) is 4.79 Å². The van der Waals surface area contributed by atoms with Gasteiger partial charge in [0.25, 0.3) is 0 Å². The second-order valence-corrected chi connectivity index (χ2v) is 6.14. The molecule has 1 unspecified atom stereocenters. The average molecular weight is 285 g/mol. The van der Waals surface area contributed by atoms with Crippen molar-refractivity contribution in [2.75, 3.05) is 13.6 Å². The normalized spacial score (nSPS) is 12.5. The zero-order valence-electron chi connectivity index (χ0n) is 12.4. The summed E-state index contributed by atoms with van der Waals surface area (Å²) in [5.74, 6) is -0.0335. The molecule has 0 heterocycles. The lowest BCUT2D eigenvalue weighted by Crippen LogP contribution is -2.40. The maximum absolute atomic E-state index is 12.2. The van der Waals surface area contributed by atoms with Gasteiger partial charge < -0.3 is 10.6 Å². The van der Waals surface area contributed by atoms with Crippen molar-refractivity contribution < 1.29 is 4.79 Å². The van der Waals surface area contributed by atoms with E-state index >= 15 is 0 Å². The predicted molar refractivity (Wildman–Crippen MR) is 82.4 cm³/mol. The van der Waals surface area contributed by atoms with Gasteiger partial charge in [-0.25, -0.2) is 0 Å². The van der Waals surface area contributed by atoms with E-state index in [1.54, 1.807) is 4.90 Å². The van der Waals surface area contributed by atoms with Gasteiger partial charge in [-0.1, -0.05) is 50.6 Å². The summed E-state index contributed by atoms with van der Waals surface area (Å²) >= 11 is 0. The third-order valence-corrected chi connectivity index (χ3v) is 2.79. The number of hydrogen-bond donors (Lipinski definition) is 1. The first kappa shape index (κ1) is 17.9. The second-order valence-electron chi connectivity index (χ2n) is 6.14. The number of aryl methyl sites for hydroxylation is 1. The fourth-order valence-electron chi connectivity index (χ4n) is 1.94. The smallest absolute Gasteiger partial charge is 0.243 e. The molecule has 0 aliphatic carbocycles. The van der Waals surface area contributed by atoms with Crippen LogP contribution >= 0.6 is 12.4 Å². The van der Waals surface area contributed by atoms with Crippen LogP contribution in [-0.4, -0.2) is 24.4 Å². The number of carbonyl (C=O) groups is 1. The second kappa shape index (κ2) is 6.92. The molecule has 0 saturated carbocycles. The number of benzene rings is 1. The van der Waals surface area contributed by atoms with Gasteiger partial charge in [0.15, 0.2) is 0 Å². The van der Waals surface area contributed by atoms with E-state index < -0.39 is 6.04 Å². The topological polar surface area (TPSA) is 46.3 Å². The van der Waals surface area contributed by atoms with Crippen LogP contribution in [0.4, 0.5) is 0 Å². The van der Waals surface area contributed by atoms with Crippen molar-refractivity contribution in [3.05, 3.63) is 35.4 Å². The molecule has 1 rings (SSSR count). The van der Waals surface area contributed by atoms with Crippen LogP contribution in [0.5, 0.6) is 0 Å². The first-order valence-corrected chi connectivity index (χ1v) is 6.28. The number of carbonyl (C=O) groups excluding carboxylic acids is 1. The summed E-state index contributed by atoms with van der Waals surface area (Å²) in [6, 6.07) is 7.22. The molecule has 4 heteroatoms. The molecule has 0 saturated heterocycles. The van der Waals surface area contributed by atoms with Crippen molar-refractivity contribution in [3.8, 4) is 0 Å². The first-order valence-electron chi connectivity index (χ1n) is 6.28. The third-order valence-electron chi connectivity index (χ3n) is 2.79. The van der Waals surface area contributed by atoms with Crippen molar-refractivity contribution in [3.63, 3.8) is 0 Å². The quantitative estimate of drug-likeness (QED) is 0.928. The van der Waals surface area contributed by atoms with Crippen molar-refractivity contribution in [1.29, 1.82) is 0 Å². The standard InChI is InChI=1S/C15H24N2O.ClH/c1-11-6-8-12(9-7-11)13(16)14(18)17(5)10-15(2,3)4;/h6-9,13H,10,16H2,1-5H3;1H. The summed E-state index contributed by atoms with van der Waals surface area (Å²) < 4.78 is 0. The molecular formula is C15H25ClN2O. The molecular weight excluding hydrogens is 260 g/mol. The Morgan fingerprint density at radius 3 is 2.16 bits per heavy atom. The van der Waals surface area contributed by atoms with Gasteiger partial charge in [-0.05, 0) is 17.9 Å². The highest BCUT2D eigenvalue weighted by Gasteiger charge is 2.23. The number of hydrogen-bond acceptors (Lipinski definition) is 2. The maximum Gasteiger partial charge on any atom is 0.243 e. The van der Waals surface area contributed by atoms with E-state index in [0.29, 0.717) is 6.54 Å². The number of rotatable bonds is 3. The van der Waals surface area contributed by atoms with Gasteiger partial charge in [0, 0.05) is 13.6 Å². The van der Waals surface area contributed by atoms with Crippen LogP contribution in [0.3, 0.4) is 0 Å². The molecule has 0 aliphatic rings. The Hall–Kier alpha value is -1.06. The van der Waals surface area contributed by atoms with E-state index in [-0.39, 0.29) is 23.7 Å². The van der Waals surface area contributed by atoms with Crippen LogP contribution in [0.15, 0.2) is 24.3 Å². The average Bonchev–Trinajstić information content (AvgIpc) is 2.26. The summed E-state index contributed by atoms with van der Waals surface area (Å²) in [5, 5.41) is 0. The van der Waals surface area contributed by atoms with Gasteiger partial charge in [0.2, 0.25) is 5.91 Å². The zero-order chi connectivity index (χ0) is 13.9. The Kier molecular flexibility index (Phi) is 6.53. The van der Waals surface area contributed by atoms with E-state index in [1.807, 2.05) is 38.2 Å². The molecule has 0 fully saturated rings. The minimum Gasteiger partial charge on any atom is -0.344 e. The largest absolute Gasteiger partial charge is 0.344 e. The van der Waals surface area contributed by atoms with Crippen molar-refractivity contribution in [2.24, 2.45) is 11.1 Å². The number of halogens is 1. The molecule has 0 aliphatic heterocycles. The minimum atomic E-state index is -0.571. The highest BCUT2D eigenvalue weighted by molar-refractivity contribution is 5.85. The van der Waals surface area contributed by atoms with E-state index in [2.05, 4.69) is 20.8 Å². The van der Waals surface area contributed by atoms with Crippen LogP contribution in [0, 0.1) is 12.3 Å². The van der Waals surface area contributed by atoms with Crippen LogP contribution in [0.2, 0.25) is 0 Å². The first-order chi connectivity index (χ1) is 8.20. The Morgan fingerprint density at radius 1 is 1.26 bits per heavy atom. The Bertz CT molecular complexity index is 409. The molecule has 19 heavy (non-hydrogen) atoms. The summed E-state index contributed by atoms with van der Waals surface area (Å²) in [7, 11) is 1.81. The van der Waals surface area contributed by atoms with Crippen LogP contribution in [0.25, 0.3) is 0 Å². The Morgan fingerprint density at radius 2 is 1.74 bits per heavy atom. The van der Waals surface area contributed by atoms with Crippen LogP contribution in [0.1, 0.15) is 37.9 Å². The Balaban J connectivity index is 0.00000324. The minimum absolute atomic E-state index is 0. The summed E-state index contributed by atoms with van der Waals surface area (Å²) in [4.78, 5) is 13.9. The molecule has 1 amide bonds. The third kappa shape index (κ3) is 5.62. The van der Waals surface area contributed by atoms with E-state index in [4.69, 9.17) is 5.73 Å². The van der Waals surface area contributed by atoms with Crippen molar-refractivity contribution in [1.82, 2.24) is 4.90 Å². The maximum atomic E-state index is 12.2. The van der Waals surface area contributed by atoms with Gasteiger partial charge in [0.1, 0.15) is 6.04 Å².